The number of carbonyl (C=O) groups is 1. The van der Waals surface area contributed by atoms with Crippen LogP contribution in [-0.4, -0.2) is 31.8 Å². The summed E-state index contributed by atoms with van der Waals surface area (Å²) in [6.07, 6.45) is 0.966. The molecule has 0 spiro atoms. The Hall–Kier alpha value is -1.74. The minimum atomic E-state index is -3.72. The van der Waals surface area contributed by atoms with Crippen molar-refractivity contribution in [3.63, 3.8) is 0 Å². The van der Waals surface area contributed by atoms with Crippen molar-refractivity contribution >= 4 is 33.0 Å². The average molecular weight is 365 g/mol. The highest BCUT2D eigenvalue weighted by molar-refractivity contribution is 7.89. The lowest BCUT2D eigenvalue weighted by molar-refractivity contribution is -0.121. The van der Waals surface area contributed by atoms with E-state index in [9.17, 15) is 13.2 Å². The van der Waals surface area contributed by atoms with Crippen molar-refractivity contribution in [1.29, 1.82) is 0 Å². The molecular formula is C16H19N3O3S2. The van der Waals surface area contributed by atoms with Crippen molar-refractivity contribution in [3.8, 4) is 0 Å². The average Bonchev–Trinajstić information content (AvgIpc) is 3.01. The van der Waals surface area contributed by atoms with Crippen LogP contribution >= 0.6 is 11.3 Å². The second kappa shape index (κ2) is 6.64. The number of fused-ring (bicyclic) bond motifs is 1. The van der Waals surface area contributed by atoms with E-state index >= 15 is 0 Å². The first kappa shape index (κ1) is 17.1. The summed E-state index contributed by atoms with van der Waals surface area (Å²) in [7, 11) is -3.72. The highest BCUT2D eigenvalue weighted by Gasteiger charge is 2.25. The number of sulfonamides is 1. The molecule has 0 saturated carbocycles. The van der Waals surface area contributed by atoms with Gasteiger partial charge in [0.2, 0.25) is 15.9 Å². The van der Waals surface area contributed by atoms with Crippen LogP contribution in [0.4, 0.5) is 5.69 Å². The van der Waals surface area contributed by atoms with E-state index in [1.54, 1.807) is 11.3 Å². The molecule has 1 amide bonds. The summed E-state index contributed by atoms with van der Waals surface area (Å²) in [4.78, 5) is 16.0. The Bertz CT molecular complexity index is 844. The molecule has 1 unspecified atom stereocenters. The summed E-state index contributed by atoms with van der Waals surface area (Å²) in [5.74, 6) is -0.114. The molecule has 0 fully saturated rings. The predicted octanol–water partition coefficient (Wildman–Crippen LogP) is 1.78. The van der Waals surface area contributed by atoms with Crippen LogP contribution in [0.25, 0.3) is 0 Å². The number of primary sulfonamides is 1. The summed E-state index contributed by atoms with van der Waals surface area (Å²) < 4.78 is 22.5. The highest BCUT2D eigenvalue weighted by atomic mass is 32.2. The number of hydrogen-bond acceptors (Lipinski definition) is 5. The lowest BCUT2D eigenvalue weighted by Crippen LogP contribution is -2.44. The Kier molecular flexibility index (Phi) is 4.73. The molecule has 6 nitrogen and oxygen atoms in total. The molecule has 1 aliphatic heterocycles. The number of benzene rings is 1. The first-order chi connectivity index (χ1) is 11.3. The molecule has 2 heterocycles. The number of rotatable bonds is 4. The zero-order chi connectivity index (χ0) is 17.3. The maximum absolute atomic E-state index is 12.5. The summed E-state index contributed by atoms with van der Waals surface area (Å²) in [5, 5.41) is 9.97. The van der Waals surface area contributed by atoms with Gasteiger partial charge in [0, 0.05) is 23.7 Å². The summed E-state index contributed by atoms with van der Waals surface area (Å²) in [5.41, 5.74) is 1.84. The van der Waals surface area contributed by atoms with Gasteiger partial charge in [-0.05, 0) is 54.6 Å². The van der Waals surface area contributed by atoms with E-state index < -0.39 is 10.0 Å². The monoisotopic (exact) mass is 365 g/mol. The van der Waals surface area contributed by atoms with Gasteiger partial charge in [0.25, 0.3) is 0 Å². The van der Waals surface area contributed by atoms with Crippen molar-refractivity contribution in [2.75, 3.05) is 11.9 Å². The zero-order valence-electron chi connectivity index (χ0n) is 13.2. The lowest BCUT2D eigenvalue weighted by Gasteiger charge is -2.31. The second-order valence-corrected chi connectivity index (χ2v) is 8.39. The molecule has 3 rings (SSSR count). The number of nitrogens with one attached hydrogen (secondary N) is 1. The van der Waals surface area contributed by atoms with Crippen molar-refractivity contribution in [2.45, 2.75) is 30.8 Å². The molecule has 1 aromatic carbocycles. The minimum absolute atomic E-state index is 0.0227. The van der Waals surface area contributed by atoms with Gasteiger partial charge in [-0.15, -0.1) is 11.3 Å². The number of amides is 1. The van der Waals surface area contributed by atoms with E-state index in [1.807, 2.05) is 6.92 Å². The van der Waals surface area contributed by atoms with Crippen LogP contribution in [0, 0.1) is 0 Å². The van der Waals surface area contributed by atoms with Crippen LogP contribution in [0.1, 0.15) is 17.4 Å². The van der Waals surface area contributed by atoms with Crippen molar-refractivity contribution in [2.24, 2.45) is 5.14 Å². The zero-order valence-corrected chi connectivity index (χ0v) is 14.9. The largest absolute Gasteiger partial charge is 0.325 e. The van der Waals surface area contributed by atoms with Gasteiger partial charge in [0.15, 0.2) is 0 Å². The molecule has 1 aromatic heterocycles. The standard InChI is InChI=1S/C16H19N3O3S2/c1-11(19-8-6-15-12(10-19)7-9-23-15)16(20)18-13-2-4-14(5-3-13)24(17,21)22/h2-5,7,9,11H,6,8,10H2,1H3,(H,18,20)(H2,17,21,22). The Balaban J connectivity index is 1.64. The third-order valence-corrected chi connectivity index (χ3v) is 6.17. The van der Waals surface area contributed by atoms with Gasteiger partial charge in [-0.1, -0.05) is 0 Å². The van der Waals surface area contributed by atoms with E-state index in [2.05, 4.69) is 21.7 Å². The van der Waals surface area contributed by atoms with Crippen LogP contribution < -0.4 is 10.5 Å². The minimum Gasteiger partial charge on any atom is -0.325 e. The van der Waals surface area contributed by atoms with E-state index in [-0.39, 0.29) is 16.8 Å². The summed E-state index contributed by atoms with van der Waals surface area (Å²) in [6, 6.07) is 7.69. The van der Waals surface area contributed by atoms with E-state index in [0.717, 1.165) is 19.5 Å². The molecule has 3 N–H and O–H groups in total. The summed E-state index contributed by atoms with van der Waals surface area (Å²) in [6.45, 7) is 3.51. The fourth-order valence-corrected chi connectivity index (χ4v) is 4.15. The van der Waals surface area contributed by atoms with Crippen LogP contribution in [0.3, 0.4) is 0 Å². The number of hydrogen-bond donors (Lipinski definition) is 2. The highest BCUT2D eigenvalue weighted by Crippen LogP contribution is 2.25. The lowest BCUT2D eigenvalue weighted by atomic mass is 10.1. The Morgan fingerprint density at radius 2 is 2.00 bits per heavy atom. The van der Waals surface area contributed by atoms with Gasteiger partial charge in [-0.25, -0.2) is 13.6 Å². The SMILES string of the molecule is CC(C(=O)Nc1ccc(S(N)(=O)=O)cc1)N1CCc2sccc2C1. The van der Waals surface area contributed by atoms with Crippen LogP contribution in [0.15, 0.2) is 40.6 Å². The first-order valence-corrected chi connectivity index (χ1v) is 10.0. The van der Waals surface area contributed by atoms with E-state index in [1.165, 1.54) is 34.7 Å². The smallest absolute Gasteiger partial charge is 0.241 e. The number of nitrogens with two attached hydrogens (primary N) is 1. The third-order valence-electron chi connectivity index (χ3n) is 4.21. The molecular weight excluding hydrogens is 346 g/mol. The maximum Gasteiger partial charge on any atom is 0.241 e. The molecule has 1 aliphatic rings. The number of anilines is 1. The second-order valence-electron chi connectivity index (χ2n) is 5.82. The molecule has 1 atom stereocenters. The van der Waals surface area contributed by atoms with Gasteiger partial charge in [-0.3, -0.25) is 9.69 Å². The number of thiophene rings is 1. The van der Waals surface area contributed by atoms with E-state index in [4.69, 9.17) is 5.14 Å². The molecule has 0 bridgehead atoms. The van der Waals surface area contributed by atoms with Crippen LogP contribution in [0.5, 0.6) is 0 Å². The van der Waals surface area contributed by atoms with Gasteiger partial charge < -0.3 is 5.32 Å². The van der Waals surface area contributed by atoms with Crippen molar-refractivity contribution < 1.29 is 13.2 Å². The Morgan fingerprint density at radius 1 is 1.29 bits per heavy atom. The molecule has 0 saturated heterocycles. The molecule has 2 aromatic rings. The van der Waals surface area contributed by atoms with Gasteiger partial charge >= 0.3 is 0 Å². The summed E-state index contributed by atoms with van der Waals surface area (Å²) >= 11 is 1.77. The fourth-order valence-electron chi connectivity index (χ4n) is 2.74. The van der Waals surface area contributed by atoms with Crippen molar-refractivity contribution in [1.82, 2.24) is 4.90 Å². The fraction of sp³-hybridized carbons (Fsp3) is 0.312. The number of nitrogens with zero attached hydrogens (tertiary/aromatic N) is 1. The molecule has 24 heavy (non-hydrogen) atoms. The van der Waals surface area contributed by atoms with Gasteiger partial charge in [0.1, 0.15) is 0 Å². The van der Waals surface area contributed by atoms with Crippen molar-refractivity contribution in [3.05, 3.63) is 46.2 Å². The van der Waals surface area contributed by atoms with Gasteiger partial charge in [0.05, 0.1) is 10.9 Å². The van der Waals surface area contributed by atoms with Crippen LogP contribution in [0.2, 0.25) is 0 Å². The first-order valence-electron chi connectivity index (χ1n) is 7.57. The van der Waals surface area contributed by atoms with Gasteiger partial charge in [-0.2, -0.15) is 0 Å². The Labute approximate surface area is 145 Å². The van der Waals surface area contributed by atoms with Crippen LogP contribution in [-0.2, 0) is 27.8 Å². The maximum atomic E-state index is 12.5. The normalized spacial score (nSPS) is 16.4. The molecule has 8 heteroatoms. The molecule has 0 aliphatic carbocycles. The molecule has 128 valence electrons. The predicted molar refractivity (Wildman–Crippen MR) is 94.3 cm³/mol. The quantitative estimate of drug-likeness (QED) is 0.864. The van der Waals surface area contributed by atoms with E-state index in [0.29, 0.717) is 5.69 Å². The molecule has 0 radical (unpaired) electrons. The third kappa shape index (κ3) is 3.67. The topological polar surface area (TPSA) is 92.5 Å². The number of carbonyl (C=O) groups excluding carboxylic acids is 1. The Morgan fingerprint density at radius 3 is 2.67 bits per heavy atom.